The Morgan fingerprint density at radius 1 is 0.470 bits per heavy atom. The molecule has 0 fully saturated rings. The molecule has 3 nitrogen and oxygen atoms in total. The number of nitrogens with zero attached hydrogens (tertiary/aromatic N) is 1. The van der Waals surface area contributed by atoms with E-state index in [2.05, 4.69) is 111 Å². The second-order valence-electron chi connectivity index (χ2n) is 17.5. The number of carbonyl (C=O) groups excluding carboxylic acids is 2. The fourth-order valence-corrected chi connectivity index (χ4v) is 17.3. The van der Waals surface area contributed by atoms with Crippen molar-refractivity contribution in [2.24, 2.45) is 0 Å². The normalized spacial score (nSPS) is 12.8. The van der Waals surface area contributed by atoms with Crippen LogP contribution in [0.5, 0.6) is 0 Å². The van der Waals surface area contributed by atoms with Crippen molar-refractivity contribution in [1.82, 2.24) is 4.90 Å². The van der Waals surface area contributed by atoms with Gasteiger partial charge in [-0.15, -0.1) is 74.6 Å². The molecule has 0 saturated heterocycles. The number of thiophene rings is 6. The fraction of sp³-hybridized carbons (Fsp3) is 0.298. The molecule has 0 aliphatic carbocycles. The molecule has 1 aliphatic heterocycles. The highest BCUT2D eigenvalue weighted by molar-refractivity contribution is 7.33. The van der Waals surface area contributed by atoms with Crippen LogP contribution in [-0.2, 0) is 12.8 Å². The Morgan fingerprint density at radius 3 is 1.58 bits per heavy atom. The lowest BCUT2D eigenvalue weighted by Crippen LogP contribution is -2.29. The van der Waals surface area contributed by atoms with Crippen molar-refractivity contribution in [2.45, 2.75) is 104 Å². The standard InChI is InChI=1S/C57H55NO2S6/c1-4-7-9-11-13-21-27-38-29-31-42(61-38)46-40-34-44(36-23-17-15-18-24-36)63-51(40)47(43-32-30-39(62-43)28-22-14-12-10-8-5-2)41-35-45(64-52(41)46)53-54-48(50(65-53)37-25-19-16-20-26-37)49-55(66-54)57(60)58(33-6-3)56(49)59/h6,15-20,23-26,29-32,34-35H,3-5,7-14,21-22,27-28,33H2,1-2H3. The molecule has 0 radical (unpaired) electrons. The van der Waals surface area contributed by atoms with E-state index in [4.69, 9.17) is 0 Å². The largest absolute Gasteiger partial charge is 0.271 e. The Labute approximate surface area is 413 Å². The predicted octanol–water partition coefficient (Wildman–Crippen LogP) is 19.4. The molecule has 1 aliphatic rings. The number of amides is 2. The minimum Gasteiger partial charge on any atom is -0.270 e. The van der Waals surface area contributed by atoms with Gasteiger partial charge in [-0.25, -0.2) is 0 Å². The highest BCUT2D eigenvalue weighted by Gasteiger charge is 2.41. The van der Waals surface area contributed by atoms with Crippen LogP contribution >= 0.6 is 68.0 Å². The molecule has 10 rings (SSSR count). The molecule has 2 amide bonds. The SMILES string of the molecule is C=CCN1C(=O)c2sc3c(-c4cc5c(-c6ccc(CCCCCCCC)s6)c6sc(-c7ccccc7)cc6c(-c6ccc(CCCCCCCC)s6)c5s4)sc(-c4ccccc4)c3c2C1=O. The second-order valence-corrected chi connectivity index (χ2v) is 24.0. The first kappa shape index (κ1) is 45.3. The van der Waals surface area contributed by atoms with Gasteiger partial charge in [0, 0.05) is 77.4 Å². The van der Waals surface area contributed by atoms with E-state index in [9.17, 15) is 9.59 Å². The molecular weight excluding hydrogens is 923 g/mol. The number of rotatable bonds is 21. The summed E-state index contributed by atoms with van der Waals surface area (Å²) in [6.45, 7) is 8.62. The van der Waals surface area contributed by atoms with E-state index in [1.54, 1.807) is 17.4 Å². The van der Waals surface area contributed by atoms with Gasteiger partial charge in [0.05, 0.1) is 15.1 Å². The first-order valence-electron chi connectivity index (χ1n) is 23.9. The Kier molecular flexibility index (Phi) is 14.0. The first-order valence-corrected chi connectivity index (χ1v) is 28.8. The molecule has 7 heterocycles. The fourth-order valence-electron chi connectivity index (χ4n) is 9.53. The van der Waals surface area contributed by atoms with E-state index in [-0.39, 0.29) is 18.4 Å². The van der Waals surface area contributed by atoms with Crippen molar-refractivity contribution in [3.63, 3.8) is 0 Å². The molecule has 0 saturated carbocycles. The summed E-state index contributed by atoms with van der Waals surface area (Å²) in [4.78, 5) is 40.1. The summed E-state index contributed by atoms with van der Waals surface area (Å²) in [5.74, 6) is -0.438. The third kappa shape index (κ3) is 8.76. The van der Waals surface area contributed by atoms with Crippen molar-refractivity contribution < 1.29 is 9.59 Å². The van der Waals surface area contributed by atoms with Crippen LogP contribution in [0.25, 0.3) is 81.8 Å². The summed E-state index contributed by atoms with van der Waals surface area (Å²) < 4.78 is 3.68. The minimum atomic E-state index is -0.220. The topological polar surface area (TPSA) is 37.4 Å². The minimum absolute atomic E-state index is 0.204. The number of aryl methyl sites for hydroxylation is 2. The van der Waals surface area contributed by atoms with Gasteiger partial charge in [-0.2, -0.15) is 0 Å². The summed E-state index contributed by atoms with van der Waals surface area (Å²) in [5.41, 5.74) is 5.52. The van der Waals surface area contributed by atoms with Crippen molar-refractivity contribution >= 4 is 110 Å². The molecule has 6 aromatic heterocycles. The van der Waals surface area contributed by atoms with E-state index < -0.39 is 0 Å². The monoisotopic (exact) mass is 977 g/mol. The van der Waals surface area contributed by atoms with Crippen LogP contribution in [0.3, 0.4) is 0 Å². The average Bonchev–Trinajstić information content (AvgIpc) is 4.22. The van der Waals surface area contributed by atoms with Gasteiger partial charge in [-0.1, -0.05) is 145 Å². The van der Waals surface area contributed by atoms with Gasteiger partial charge in [0.15, 0.2) is 0 Å². The molecule has 3 aromatic carbocycles. The second kappa shape index (κ2) is 20.4. The van der Waals surface area contributed by atoms with E-state index in [1.165, 1.54) is 159 Å². The summed E-state index contributed by atoms with van der Waals surface area (Å²) in [6, 6.07) is 35.8. The van der Waals surface area contributed by atoms with Gasteiger partial charge in [0.1, 0.15) is 4.88 Å². The van der Waals surface area contributed by atoms with Gasteiger partial charge in [-0.3, -0.25) is 14.5 Å². The molecular formula is C57H55NO2S6. The number of hydrogen-bond acceptors (Lipinski definition) is 8. The van der Waals surface area contributed by atoms with Crippen LogP contribution < -0.4 is 0 Å². The molecule has 0 N–H and O–H groups in total. The number of hydrogen-bond donors (Lipinski definition) is 0. The van der Waals surface area contributed by atoms with Gasteiger partial charge >= 0.3 is 0 Å². The van der Waals surface area contributed by atoms with Gasteiger partial charge in [0.25, 0.3) is 11.8 Å². The number of imide groups is 1. The maximum atomic E-state index is 14.1. The van der Waals surface area contributed by atoms with Crippen molar-refractivity contribution in [3.8, 4) is 51.5 Å². The molecule has 0 spiro atoms. The van der Waals surface area contributed by atoms with E-state index in [1.807, 2.05) is 51.4 Å². The lowest BCUT2D eigenvalue weighted by atomic mass is 9.99. The molecule has 9 aromatic rings. The van der Waals surface area contributed by atoms with Crippen LogP contribution in [-0.4, -0.2) is 23.3 Å². The molecule has 0 atom stereocenters. The number of benzene rings is 3. The summed E-state index contributed by atoms with van der Waals surface area (Å²) in [5, 5.41) is 3.52. The Bertz CT molecular complexity index is 3060. The summed E-state index contributed by atoms with van der Waals surface area (Å²) in [6.07, 6.45) is 19.4. The molecule has 66 heavy (non-hydrogen) atoms. The van der Waals surface area contributed by atoms with Crippen LogP contribution in [0.15, 0.2) is 110 Å². The van der Waals surface area contributed by atoms with Crippen molar-refractivity contribution in [2.75, 3.05) is 6.54 Å². The van der Waals surface area contributed by atoms with Gasteiger partial charge in [-0.05, 0) is 73.2 Å². The third-order valence-corrected chi connectivity index (χ3v) is 20.3. The van der Waals surface area contributed by atoms with Crippen molar-refractivity contribution in [1.29, 1.82) is 0 Å². The molecule has 9 heteroatoms. The Hall–Kier alpha value is -4.48. The maximum absolute atomic E-state index is 14.1. The molecule has 336 valence electrons. The van der Waals surface area contributed by atoms with Crippen molar-refractivity contribution in [3.05, 3.63) is 130 Å². The highest BCUT2D eigenvalue weighted by Crippen LogP contribution is 2.58. The highest BCUT2D eigenvalue weighted by atomic mass is 32.1. The third-order valence-electron chi connectivity index (χ3n) is 12.9. The smallest absolute Gasteiger partial charge is 0.270 e. The van der Waals surface area contributed by atoms with E-state index in [0.717, 1.165) is 38.2 Å². The number of unbranched alkanes of at least 4 members (excludes halogenated alkanes) is 10. The molecule has 0 unspecified atom stereocenters. The van der Waals surface area contributed by atoms with Gasteiger partial charge in [0.2, 0.25) is 0 Å². The lowest BCUT2D eigenvalue weighted by Gasteiger charge is -2.10. The Balaban J connectivity index is 1.17. The average molecular weight is 978 g/mol. The Morgan fingerprint density at radius 2 is 1.00 bits per heavy atom. The van der Waals surface area contributed by atoms with Crippen LogP contribution in [0.2, 0.25) is 0 Å². The quantitative estimate of drug-likeness (QED) is 0.0409. The maximum Gasteiger partial charge on any atom is 0.271 e. The van der Waals surface area contributed by atoms with Crippen LogP contribution in [0.4, 0.5) is 0 Å². The van der Waals surface area contributed by atoms with E-state index in [0.29, 0.717) is 10.4 Å². The summed E-state index contributed by atoms with van der Waals surface area (Å²) >= 11 is 11.0. The molecule has 0 bridgehead atoms. The summed E-state index contributed by atoms with van der Waals surface area (Å²) in [7, 11) is 0. The first-order chi connectivity index (χ1) is 32.5. The number of carbonyl (C=O) groups is 2. The zero-order valence-corrected chi connectivity index (χ0v) is 42.7. The number of fused-ring (bicyclic) bond motifs is 5. The lowest BCUT2D eigenvalue weighted by molar-refractivity contribution is 0.0674. The van der Waals surface area contributed by atoms with Gasteiger partial charge < -0.3 is 0 Å². The predicted molar refractivity (Wildman–Crippen MR) is 293 cm³/mol. The van der Waals surface area contributed by atoms with Crippen LogP contribution in [0.1, 0.15) is 121 Å². The van der Waals surface area contributed by atoms with E-state index >= 15 is 0 Å². The van der Waals surface area contributed by atoms with Crippen LogP contribution in [0, 0.1) is 0 Å². The zero-order chi connectivity index (χ0) is 45.1. The zero-order valence-electron chi connectivity index (χ0n) is 37.8.